The first-order valence-electron chi connectivity index (χ1n) is 5.47. The van der Waals surface area contributed by atoms with Crippen molar-refractivity contribution in [3.05, 3.63) is 0 Å². The number of carbonyl (C=O) groups is 1. The van der Waals surface area contributed by atoms with Gasteiger partial charge in [-0.25, -0.2) is 0 Å². The lowest BCUT2D eigenvalue weighted by Crippen LogP contribution is -2.51. The lowest BCUT2D eigenvalue weighted by Gasteiger charge is -2.34. The molecule has 1 unspecified atom stereocenters. The molecule has 0 aromatic carbocycles. The third-order valence-corrected chi connectivity index (χ3v) is 4.06. The lowest BCUT2D eigenvalue weighted by atomic mass is 10.2. The number of nitrogens with zero attached hydrogens (tertiary/aromatic N) is 1. The molecule has 2 fully saturated rings. The van der Waals surface area contributed by atoms with Gasteiger partial charge in [0, 0.05) is 37.2 Å². The van der Waals surface area contributed by atoms with Crippen molar-refractivity contribution < 1.29 is 9.53 Å². The molecule has 0 bridgehead atoms. The summed E-state index contributed by atoms with van der Waals surface area (Å²) in [4.78, 5) is 13.8. The van der Waals surface area contributed by atoms with Crippen molar-refractivity contribution in [2.24, 2.45) is 0 Å². The van der Waals surface area contributed by atoms with Crippen LogP contribution in [-0.4, -0.2) is 60.7 Å². The fourth-order valence-electron chi connectivity index (χ4n) is 1.75. The maximum atomic E-state index is 11.8. The summed E-state index contributed by atoms with van der Waals surface area (Å²) >= 11 is 1.92. The molecule has 0 aromatic heterocycles. The van der Waals surface area contributed by atoms with Gasteiger partial charge in [0.25, 0.3) is 0 Å². The molecule has 2 aliphatic heterocycles. The van der Waals surface area contributed by atoms with Gasteiger partial charge in [-0.2, -0.15) is 11.8 Å². The average Bonchev–Trinajstić information content (AvgIpc) is 2.16. The monoisotopic (exact) mass is 230 g/mol. The van der Waals surface area contributed by atoms with Crippen LogP contribution < -0.4 is 5.32 Å². The molecule has 2 rings (SSSR count). The Bertz CT molecular complexity index is 233. The summed E-state index contributed by atoms with van der Waals surface area (Å²) in [6.45, 7) is 5.00. The standard InChI is InChI=1S/C10H18N2O2S/c1-8-7-15-3-2-12(8)10(13)6-14-9-4-11-5-9/h8-9,11H,2-7H2,1H3. The van der Waals surface area contributed by atoms with E-state index < -0.39 is 0 Å². The summed E-state index contributed by atoms with van der Waals surface area (Å²) in [6, 6.07) is 0.361. The minimum atomic E-state index is 0.148. The van der Waals surface area contributed by atoms with Crippen molar-refractivity contribution in [2.75, 3.05) is 37.7 Å². The number of thioether (sulfide) groups is 1. The third-order valence-electron chi connectivity index (χ3n) is 2.87. The molecular formula is C10H18N2O2S. The second-order valence-corrected chi connectivity index (χ2v) is 5.25. The zero-order chi connectivity index (χ0) is 10.7. The van der Waals surface area contributed by atoms with Crippen LogP contribution in [0.2, 0.25) is 0 Å². The average molecular weight is 230 g/mol. The molecule has 86 valence electrons. The Morgan fingerprint density at radius 2 is 2.40 bits per heavy atom. The Hall–Kier alpha value is -0.260. The van der Waals surface area contributed by atoms with Crippen molar-refractivity contribution in [2.45, 2.75) is 19.1 Å². The van der Waals surface area contributed by atoms with Crippen LogP contribution >= 0.6 is 11.8 Å². The van der Waals surface area contributed by atoms with E-state index in [0.29, 0.717) is 6.04 Å². The topological polar surface area (TPSA) is 41.6 Å². The van der Waals surface area contributed by atoms with E-state index in [0.717, 1.165) is 31.1 Å². The second kappa shape index (κ2) is 5.18. The summed E-state index contributed by atoms with van der Waals surface area (Å²) in [7, 11) is 0. The Morgan fingerprint density at radius 3 is 3.00 bits per heavy atom. The molecule has 0 radical (unpaired) electrons. The van der Waals surface area contributed by atoms with E-state index in [1.807, 2.05) is 16.7 Å². The van der Waals surface area contributed by atoms with Gasteiger partial charge in [0.1, 0.15) is 6.61 Å². The van der Waals surface area contributed by atoms with E-state index in [-0.39, 0.29) is 18.6 Å². The predicted molar refractivity (Wildman–Crippen MR) is 61.1 cm³/mol. The van der Waals surface area contributed by atoms with E-state index >= 15 is 0 Å². The molecule has 4 nitrogen and oxygen atoms in total. The second-order valence-electron chi connectivity index (χ2n) is 4.10. The van der Waals surface area contributed by atoms with Gasteiger partial charge in [-0.05, 0) is 6.92 Å². The highest BCUT2D eigenvalue weighted by molar-refractivity contribution is 7.99. The summed E-state index contributed by atoms with van der Waals surface area (Å²) < 4.78 is 5.48. The van der Waals surface area contributed by atoms with Crippen LogP contribution in [0.15, 0.2) is 0 Å². The van der Waals surface area contributed by atoms with Crippen molar-refractivity contribution in [1.29, 1.82) is 0 Å². The molecule has 0 spiro atoms. The highest BCUT2D eigenvalue weighted by Crippen LogP contribution is 2.16. The summed E-state index contributed by atoms with van der Waals surface area (Å²) in [5.74, 6) is 2.26. The van der Waals surface area contributed by atoms with Crippen molar-refractivity contribution in [3.63, 3.8) is 0 Å². The Kier molecular flexibility index (Phi) is 3.88. The fraction of sp³-hybridized carbons (Fsp3) is 0.900. The SMILES string of the molecule is CC1CSCCN1C(=O)COC1CNC1. The van der Waals surface area contributed by atoms with Gasteiger partial charge in [-0.3, -0.25) is 4.79 Å². The number of nitrogens with one attached hydrogen (secondary N) is 1. The van der Waals surface area contributed by atoms with Crippen molar-refractivity contribution in [1.82, 2.24) is 10.2 Å². The number of rotatable bonds is 3. The first-order chi connectivity index (χ1) is 7.27. The zero-order valence-corrected chi connectivity index (χ0v) is 9.89. The van der Waals surface area contributed by atoms with E-state index in [9.17, 15) is 4.79 Å². The maximum Gasteiger partial charge on any atom is 0.248 e. The number of ether oxygens (including phenoxy) is 1. The van der Waals surface area contributed by atoms with Crippen molar-refractivity contribution in [3.8, 4) is 0 Å². The van der Waals surface area contributed by atoms with Gasteiger partial charge in [0.15, 0.2) is 0 Å². The molecule has 1 amide bonds. The van der Waals surface area contributed by atoms with E-state index in [1.165, 1.54) is 0 Å². The summed E-state index contributed by atoms with van der Waals surface area (Å²) in [5, 5.41) is 3.12. The van der Waals surface area contributed by atoms with Crippen LogP contribution in [0, 0.1) is 0 Å². The van der Waals surface area contributed by atoms with Crippen LogP contribution in [0.25, 0.3) is 0 Å². The van der Waals surface area contributed by atoms with Gasteiger partial charge in [-0.1, -0.05) is 0 Å². The minimum absolute atomic E-state index is 0.148. The smallest absolute Gasteiger partial charge is 0.248 e. The van der Waals surface area contributed by atoms with Gasteiger partial charge >= 0.3 is 0 Å². The van der Waals surface area contributed by atoms with E-state index in [4.69, 9.17) is 4.74 Å². The lowest BCUT2D eigenvalue weighted by molar-refractivity contribution is -0.140. The molecule has 0 aromatic rings. The summed E-state index contributed by atoms with van der Waals surface area (Å²) in [6.07, 6.45) is 0.253. The Labute approximate surface area is 94.7 Å². The molecule has 5 heteroatoms. The molecule has 0 aliphatic carbocycles. The molecular weight excluding hydrogens is 212 g/mol. The Morgan fingerprint density at radius 1 is 1.60 bits per heavy atom. The number of amides is 1. The largest absolute Gasteiger partial charge is 0.366 e. The van der Waals surface area contributed by atoms with Gasteiger partial charge in [0.2, 0.25) is 5.91 Å². The van der Waals surface area contributed by atoms with Crippen LogP contribution in [0.3, 0.4) is 0 Å². The molecule has 2 aliphatic rings. The molecule has 0 saturated carbocycles. The van der Waals surface area contributed by atoms with E-state index in [1.54, 1.807) is 0 Å². The van der Waals surface area contributed by atoms with E-state index in [2.05, 4.69) is 12.2 Å². The first kappa shape index (κ1) is 11.2. The number of carbonyl (C=O) groups excluding carboxylic acids is 1. The minimum Gasteiger partial charge on any atom is -0.366 e. The normalized spacial score (nSPS) is 27.5. The van der Waals surface area contributed by atoms with Gasteiger partial charge in [0.05, 0.1) is 6.10 Å². The van der Waals surface area contributed by atoms with Gasteiger partial charge < -0.3 is 15.0 Å². The van der Waals surface area contributed by atoms with Crippen LogP contribution in [0.5, 0.6) is 0 Å². The summed E-state index contributed by atoms with van der Waals surface area (Å²) in [5.41, 5.74) is 0. The van der Waals surface area contributed by atoms with Crippen LogP contribution in [-0.2, 0) is 9.53 Å². The number of hydrogen-bond donors (Lipinski definition) is 1. The molecule has 1 atom stereocenters. The van der Waals surface area contributed by atoms with Gasteiger partial charge in [-0.15, -0.1) is 0 Å². The number of hydrogen-bond acceptors (Lipinski definition) is 4. The third kappa shape index (κ3) is 2.86. The van der Waals surface area contributed by atoms with Crippen molar-refractivity contribution >= 4 is 17.7 Å². The predicted octanol–water partition coefficient (Wildman–Crippen LogP) is -0.0613. The first-order valence-corrected chi connectivity index (χ1v) is 6.62. The highest BCUT2D eigenvalue weighted by atomic mass is 32.2. The zero-order valence-electron chi connectivity index (χ0n) is 9.07. The maximum absolute atomic E-state index is 11.8. The molecule has 2 saturated heterocycles. The fourth-order valence-corrected chi connectivity index (χ4v) is 2.76. The highest BCUT2D eigenvalue weighted by Gasteiger charge is 2.25. The molecule has 1 N–H and O–H groups in total. The Balaban J connectivity index is 1.73. The van der Waals surface area contributed by atoms with Crippen LogP contribution in [0.4, 0.5) is 0 Å². The quantitative estimate of drug-likeness (QED) is 0.737. The molecule has 2 heterocycles. The molecule has 15 heavy (non-hydrogen) atoms. The van der Waals surface area contributed by atoms with Crippen LogP contribution in [0.1, 0.15) is 6.92 Å².